The number of carboxylic acids is 1. The van der Waals surface area contributed by atoms with E-state index in [-0.39, 0.29) is 5.56 Å². The second kappa shape index (κ2) is 7.56. The third-order valence-electron chi connectivity index (χ3n) is 2.83. The van der Waals surface area contributed by atoms with Gasteiger partial charge in [-0.1, -0.05) is 25.5 Å². The van der Waals surface area contributed by atoms with Crippen LogP contribution in [0.4, 0.5) is 0 Å². The van der Waals surface area contributed by atoms with E-state index in [1.807, 2.05) is 31.2 Å². The summed E-state index contributed by atoms with van der Waals surface area (Å²) in [7, 11) is 0. The van der Waals surface area contributed by atoms with Crippen LogP contribution >= 0.6 is 27.7 Å². The maximum Gasteiger partial charge on any atom is 0.339 e. The van der Waals surface area contributed by atoms with Gasteiger partial charge in [-0.05, 0) is 34.5 Å². The fourth-order valence-corrected chi connectivity index (χ4v) is 3.27. The van der Waals surface area contributed by atoms with Gasteiger partial charge in [0.15, 0.2) is 0 Å². The molecule has 1 heterocycles. The summed E-state index contributed by atoms with van der Waals surface area (Å²) in [5.41, 5.74) is 0.814. The molecule has 1 aromatic heterocycles. The number of nitrogens with zero attached hydrogens (tertiary/aromatic N) is 2. The van der Waals surface area contributed by atoms with Gasteiger partial charge in [-0.2, -0.15) is 0 Å². The highest BCUT2D eigenvalue weighted by Crippen LogP contribution is 2.29. The molecule has 0 aliphatic rings. The lowest BCUT2D eigenvalue weighted by Gasteiger charge is -2.07. The van der Waals surface area contributed by atoms with E-state index in [0.717, 1.165) is 15.8 Å². The van der Waals surface area contributed by atoms with Crippen LogP contribution < -0.4 is 0 Å². The molecule has 2 rings (SSSR count). The highest BCUT2D eigenvalue weighted by Gasteiger charge is 2.13. The van der Waals surface area contributed by atoms with Gasteiger partial charge in [0.1, 0.15) is 5.82 Å². The van der Waals surface area contributed by atoms with Gasteiger partial charge in [-0.25, -0.2) is 14.8 Å². The molecule has 21 heavy (non-hydrogen) atoms. The number of aryl methyl sites for hydroxylation is 1. The first kappa shape index (κ1) is 16.0. The summed E-state index contributed by atoms with van der Waals surface area (Å²) in [6, 6.07) is 7.95. The molecule has 0 fully saturated rings. The number of benzene rings is 1. The number of carbonyl (C=O) groups is 1. The molecule has 2 aromatic rings. The molecular formula is C15H15BrN2O2S. The fourth-order valence-electron chi connectivity index (χ4n) is 1.84. The zero-order valence-electron chi connectivity index (χ0n) is 11.5. The van der Waals surface area contributed by atoms with E-state index in [1.165, 1.54) is 6.20 Å². The summed E-state index contributed by atoms with van der Waals surface area (Å²) in [6.07, 6.45) is 2.92. The van der Waals surface area contributed by atoms with Crippen LogP contribution in [-0.4, -0.2) is 21.0 Å². The normalized spacial score (nSPS) is 10.6. The summed E-state index contributed by atoms with van der Waals surface area (Å²) in [4.78, 5) is 20.8. The number of rotatable bonds is 6. The molecule has 1 N–H and O–H groups in total. The highest BCUT2D eigenvalue weighted by atomic mass is 79.9. The Morgan fingerprint density at radius 1 is 1.38 bits per heavy atom. The molecule has 6 heteroatoms. The summed E-state index contributed by atoms with van der Waals surface area (Å²) in [5.74, 6) is 0.298. The molecule has 0 aliphatic heterocycles. The van der Waals surface area contributed by atoms with Gasteiger partial charge < -0.3 is 5.11 Å². The molecule has 0 unspecified atom stereocenters. The molecule has 1 aromatic carbocycles. The number of thioether (sulfide) groups is 1. The third kappa shape index (κ3) is 4.28. The van der Waals surface area contributed by atoms with Crippen LogP contribution in [0.15, 0.2) is 39.8 Å². The molecule has 0 saturated carbocycles. The number of halogens is 1. The van der Waals surface area contributed by atoms with Crippen molar-refractivity contribution < 1.29 is 9.90 Å². The van der Waals surface area contributed by atoms with Gasteiger partial charge in [0.2, 0.25) is 0 Å². The van der Waals surface area contributed by atoms with E-state index in [2.05, 4.69) is 25.9 Å². The predicted octanol–water partition coefficient (Wildman–Crippen LogP) is 4.18. The van der Waals surface area contributed by atoms with Crippen molar-refractivity contribution >= 4 is 33.7 Å². The molecule has 0 radical (unpaired) electrons. The van der Waals surface area contributed by atoms with E-state index in [1.54, 1.807) is 11.8 Å². The van der Waals surface area contributed by atoms with Crippen molar-refractivity contribution in [2.24, 2.45) is 0 Å². The average Bonchev–Trinajstić information content (AvgIpc) is 2.46. The molecule has 0 amide bonds. The summed E-state index contributed by atoms with van der Waals surface area (Å²) in [5, 5.41) is 9.14. The zero-order valence-corrected chi connectivity index (χ0v) is 13.9. The first-order valence-corrected chi connectivity index (χ1v) is 8.35. The number of aromatic nitrogens is 2. The molecular weight excluding hydrogens is 352 g/mol. The summed E-state index contributed by atoms with van der Waals surface area (Å²) >= 11 is 5.12. The Morgan fingerprint density at radius 2 is 2.14 bits per heavy atom. The standard InChI is InChI=1S/C15H15BrN2O2S/c1-2-5-12-10(15(19)20)8-17-14(18-12)9-21-13-7-4-3-6-11(13)16/h3-4,6-8H,2,5,9H2,1H3,(H,19,20). The average molecular weight is 367 g/mol. The minimum Gasteiger partial charge on any atom is -0.478 e. The van der Waals surface area contributed by atoms with Crippen molar-refractivity contribution in [3.05, 3.63) is 52.0 Å². The van der Waals surface area contributed by atoms with Gasteiger partial charge in [-0.3, -0.25) is 0 Å². The van der Waals surface area contributed by atoms with Crippen molar-refractivity contribution in [2.45, 2.75) is 30.4 Å². The van der Waals surface area contributed by atoms with Crippen LogP contribution in [0, 0.1) is 0 Å². The molecule has 0 atom stereocenters. The molecule has 0 bridgehead atoms. The second-order valence-corrected chi connectivity index (χ2v) is 6.29. The maximum absolute atomic E-state index is 11.1. The van der Waals surface area contributed by atoms with E-state index >= 15 is 0 Å². The molecule has 110 valence electrons. The lowest BCUT2D eigenvalue weighted by molar-refractivity contribution is 0.0694. The summed E-state index contributed by atoms with van der Waals surface area (Å²) in [6.45, 7) is 2.00. The molecule has 0 saturated heterocycles. The van der Waals surface area contributed by atoms with Gasteiger partial charge in [0.25, 0.3) is 0 Å². The van der Waals surface area contributed by atoms with Crippen molar-refractivity contribution in [1.82, 2.24) is 9.97 Å². The number of hydrogen-bond donors (Lipinski definition) is 1. The minimum atomic E-state index is -0.969. The SMILES string of the molecule is CCCc1nc(CSc2ccccc2Br)ncc1C(=O)O. The molecule has 0 spiro atoms. The van der Waals surface area contributed by atoms with Crippen molar-refractivity contribution in [2.75, 3.05) is 0 Å². The van der Waals surface area contributed by atoms with Crippen molar-refractivity contribution in [3.8, 4) is 0 Å². The largest absolute Gasteiger partial charge is 0.478 e. The van der Waals surface area contributed by atoms with Crippen LogP contribution in [0.1, 0.15) is 35.2 Å². The lowest BCUT2D eigenvalue weighted by atomic mass is 10.1. The first-order chi connectivity index (χ1) is 10.1. The van der Waals surface area contributed by atoms with Gasteiger partial charge in [0, 0.05) is 15.6 Å². The number of aromatic carboxylic acids is 1. The van der Waals surface area contributed by atoms with Gasteiger partial charge in [-0.15, -0.1) is 11.8 Å². The lowest BCUT2D eigenvalue weighted by Crippen LogP contribution is -2.08. The van der Waals surface area contributed by atoms with E-state index in [4.69, 9.17) is 5.11 Å². The monoisotopic (exact) mass is 366 g/mol. The predicted molar refractivity (Wildman–Crippen MR) is 86.7 cm³/mol. The van der Waals surface area contributed by atoms with E-state index in [0.29, 0.717) is 23.7 Å². The fraction of sp³-hybridized carbons (Fsp3) is 0.267. The Kier molecular flexibility index (Phi) is 5.76. The van der Waals surface area contributed by atoms with Crippen LogP contribution in [0.25, 0.3) is 0 Å². The van der Waals surface area contributed by atoms with Crippen molar-refractivity contribution in [1.29, 1.82) is 0 Å². The molecule has 4 nitrogen and oxygen atoms in total. The third-order valence-corrected chi connectivity index (χ3v) is 4.85. The Labute approximate surface area is 136 Å². The summed E-state index contributed by atoms with van der Waals surface area (Å²) < 4.78 is 1.03. The van der Waals surface area contributed by atoms with Gasteiger partial charge >= 0.3 is 5.97 Å². The number of carboxylic acid groups (broad SMARTS) is 1. The van der Waals surface area contributed by atoms with Crippen LogP contribution in [0.5, 0.6) is 0 Å². The van der Waals surface area contributed by atoms with Crippen LogP contribution in [-0.2, 0) is 12.2 Å². The van der Waals surface area contributed by atoms with Crippen molar-refractivity contribution in [3.63, 3.8) is 0 Å². The smallest absolute Gasteiger partial charge is 0.339 e. The topological polar surface area (TPSA) is 63.1 Å². The van der Waals surface area contributed by atoms with E-state index < -0.39 is 5.97 Å². The van der Waals surface area contributed by atoms with Crippen LogP contribution in [0.2, 0.25) is 0 Å². The Balaban J connectivity index is 2.15. The zero-order chi connectivity index (χ0) is 15.2. The Hall–Kier alpha value is -1.40. The Morgan fingerprint density at radius 3 is 2.81 bits per heavy atom. The molecule has 0 aliphatic carbocycles. The van der Waals surface area contributed by atoms with Crippen LogP contribution in [0.3, 0.4) is 0 Å². The second-order valence-electron chi connectivity index (χ2n) is 4.42. The number of hydrogen-bond acceptors (Lipinski definition) is 4. The highest BCUT2D eigenvalue weighted by molar-refractivity contribution is 9.10. The first-order valence-electron chi connectivity index (χ1n) is 6.57. The quantitative estimate of drug-likeness (QED) is 0.776. The van der Waals surface area contributed by atoms with E-state index in [9.17, 15) is 4.79 Å². The minimum absolute atomic E-state index is 0.200. The maximum atomic E-state index is 11.1. The Bertz CT molecular complexity index is 649. The van der Waals surface area contributed by atoms with Gasteiger partial charge in [0.05, 0.1) is 17.0 Å².